The summed E-state index contributed by atoms with van der Waals surface area (Å²) >= 11 is 0. The fraction of sp³-hybridized carbons (Fsp3) is 0.235. The normalized spacial score (nSPS) is 11.8. The van der Waals surface area contributed by atoms with Gasteiger partial charge in [-0.2, -0.15) is 0 Å². The summed E-state index contributed by atoms with van der Waals surface area (Å²) < 4.78 is 0. The monoisotopic (exact) mass is 253 g/mol. The Labute approximate surface area is 114 Å². The van der Waals surface area contributed by atoms with Gasteiger partial charge in [0.15, 0.2) is 0 Å². The predicted octanol–water partition coefficient (Wildman–Crippen LogP) is 3.89. The molecule has 1 atom stereocenters. The van der Waals surface area contributed by atoms with Crippen LogP contribution < -0.4 is 5.32 Å². The van der Waals surface area contributed by atoms with Gasteiger partial charge in [-0.25, -0.2) is 0 Å². The van der Waals surface area contributed by atoms with E-state index < -0.39 is 0 Å². The van der Waals surface area contributed by atoms with Crippen molar-refractivity contribution in [2.24, 2.45) is 5.92 Å². The van der Waals surface area contributed by atoms with Gasteiger partial charge in [0.05, 0.1) is 0 Å². The standard InChI is InChI=1S/C17H19NO/c1-2-15(13-14-9-5-3-6-10-14)17(19)18-16-11-7-4-8-12-16/h3-12,15H,2,13H2,1H3,(H,18,19)/t15-/m0/s1. The fourth-order valence-corrected chi connectivity index (χ4v) is 2.09. The second-order valence-corrected chi connectivity index (χ2v) is 4.65. The molecule has 2 nitrogen and oxygen atoms in total. The molecule has 1 amide bonds. The molecule has 0 aliphatic rings. The number of anilines is 1. The van der Waals surface area contributed by atoms with Crippen molar-refractivity contribution in [1.29, 1.82) is 0 Å². The Hall–Kier alpha value is -2.09. The molecule has 98 valence electrons. The smallest absolute Gasteiger partial charge is 0.227 e. The lowest BCUT2D eigenvalue weighted by Crippen LogP contribution is -2.24. The number of hydrogen-bond acceptors (Lipinski definition) is 1. The van der Waals surface area contributed by atoms with Crippen molar-refractivity contribution in [1.82, 2.24) is 0 Å². The van der Waals surface area contributed by atoms with Crippen LogP contribution in [0, 0.1) is 5.92 Å². The summed E-state index contributed by atoms with van der Waals surface area (Å²) in [6, 6.07) is 19.8. The number of amides is 1. The summed E-state index contributed by atoms with van der Waals surface area (Å²) in [7, 11) is 0. The van der Waals surface area contributed by atoms with Crippen molar-refractivity contribution in [2.45, 2.75) is 19.8 Å². The van der Waals surface area contributed by atoms with Crippen LogP contribution in [0.15, 0.2) is 60.7 Å². The third-order valence-corrected chi connectivity index (χ3v) is 3.23. The zero-order valence-corrected chi connectivity index (χ0v) is 11.2. The van der Waals surface area contributed by atoms with Crippen LogP contribution in [0.2, 0.25) is 0 Å². The van der Waals surface area contributed by atoms with E-state index in [1.165, 1.54) is 5.56 Å². The van der Waals surface area contributed by atoms with Gasteiger partial charge in [0.2, 0.25) is 5.91 Å². The average Bonchev–Trinajstić information content (AvgIpc) is 2.47. The van der Waals surface area contributed by atoms with E-state index in [1.54, 1.807) is 0 Å². The maximum absolute atomic E-state index is 12.2. The van der Waals surface area contributed by atoms with Crippen molar-refractivity contribution in [2.75, 3.05) is 5.32 Å². The van der Waals surface area contributed by atoms with Crippen LogP contribution in [0.4, 0.5) is 5.69 Å². The van der Waals surface area contributed by atoms with E-state index in [4.69, 9.17) is 0 Å². The van der Waals surface area contributed by atoms with Gasteiger partial charge in [-0.3, -0.25) is 4.79 Å². The van der Waals surface area contributed by atoms with Crippen LogP contribution in [-0.4, -0.2) is 5.91 Å². The first-order chi connectivity index (χ1) is 9.29. The third kappa shape index (κ3) is 3.95. The number of rotatable bonds is 5. The maximum atomic E-state index is 12.2. The van der Waals surface area contributed by atoms with Gasteiger partial charge >= 0.3 is 0 Å². The molecule has 0 aliphatic carbocycles. The second kappa shape index (κ2) is 6.74. The summed E-state index contributed by atoms with van der Waals surface area (Å²) in [5, 5.41) is 2.97. The first kappa shape index (κ1) is 13.3. The molecule has 0 aliphatic heterocycles. The fourth-order valence-electron chi connectivity index (χ4n) is 2.09. The van der Waals surface area contributed by atoms with Crippen LogP contribution in [-0.2, 0) is 11.2 Å². The molecule has 0 unspecified atom stereocenters. The van der Waals surface area contributed by atoms with E-state index >= 15 is 0 Å². The van der Waals surface area contributed by atoms with Crippen molar-refractivity contribution >= 4 is 11.6 Å². The molecule has 0 aromatic heterocycles. The largest absolute Gasteiger partial charge is 0.326 e. The summed E-state index contributed by atoms with van der Waals surface area (Å²) in [5.41, 5.74) is 2.07. The number of carbonyl (C=O) groups is 1. The molecule has 1 N–H and O–H groups in total. The Morgan fingerprint density at radius 3 is 2.16 bits per heavy atom. The first-order valence-electron chi connectivity index (χ1n) is 6.69. The minimum absolute atomic E-state index is 0.0163. The van der Waals surface area contributed by atoms with E-state index in [1.807, 2.05) is 48.5 Å². The molecule has 0 fully saturated rings. The molecule has 2 aromatic carbocycles. The molecule has 2 heteroatoms. The van der Waals surface area contributed by atoms with E-state index in [-0.39, 0.29) is 11.8 Å². The predicted molar refractivity (Wildman–Crippen MR) is 79.0 cm³/mol. The van der Waals surface area contributed by atoms with Gasteiger partial charge in [0, 0.05) is 11.6 Å². The molecular weight excluding hydrogens is 234 g/mol. The van der Waals surface area contributed by atoms with Crippen LogP contribution in [0.3, 0.4) is 0 Å². The third-order valence-electron chi connectivity index (χ3n) is 3.23. The van der Waals surface area contributed by atoms with Gasteiger partial charge in [-0.1, -0.05) is 55.5 Å². The van der Waals surface area contributed by atoms with Crippen molar-refractivity contribution < 1.29 is 4.79 Å². The van der Waals surface area contributed by atoms with Gasteiger partial charge < -0.3 is 5.32 Å². The number of para-hydroxylation sites is 1. The SMILES string of the molecule is CC[C@@H](Cc1ccccc1)C(=O)Nc1ccccc1. The highest BCUT2D eigenvalue weighted by Crippen LogP contribution is 2.15. The Morgan fingerprint density at radius 2 is 1.58 bits per heavy atom. The van der Waals surface area contributed by atoms with Gasteiger partial charge in [0.25, 0.3) is 0 Å². The molecule has 0 radical (unpaired) electrons. The first-order valence-corrected chi connectivity index (χ1v) is 6.69. The summed E-state index contributed by atoms with van der Waals surface area (Å²) in [5.74, 6) is 0.111. The molecule has 0 saturated carbocycles. The summed E-state index contributed by atoms with van der Waals surface area (Å²) in [4.78, 5) is 12.2. The molecule has 2 aromatic rings. The van der Waals surface area contributed by atoms with Gasteiger partial charge in [-0.05, 0) is 30.5 Å². The van der Waals surface area contributed by atoms with E-state index in [0.29, 0.717) is 0 Å². The Balaban J connectivity index is 2.00. The zero-order chi connectivity index (χ0) is 13.5. The number of benzene rings is 2. The van der Waals surface area contributed by atoms with Crippen molar-refractivity contribution in [3.8, 4) is 0 Å². The van der Waals surface area contributed by atoms with Crippen LogP contribution in [0.5, 0.6) is 0 Å². The number of carbonyl (C=O) groups excluding carboxylic acids is 1. The lowest BCUT2D eigenvalue weighted by Gasteiger charge is -2.15. The quantitative estimate of drug-likeness (QED) is 0.860. The van der Waals surface area contributed by atoms with E-state index in [2.05, 4.69) is 24.4 Å². The lowest BCUT2D eigenvalue weighted by atomic mass is 9.96. The zero-order valence-electron chi connectivity index (χ0n) is 11.2. The topological polar surface area (TPSA) is 29.1 Å². The Morgan fingerprint density at radius 1 is 1.00 bits per heavy atom. The average molecular weight is 253 g/mol. The highest BCUT2D eigenvalue weighted by atomic mass is 16.1. The minimum Gasteiger partial charge on any atom is -0.326 e. The second-order valence-electron chi connectivity index (χ2n) is 4.65. The van der Waals surface area contributed by atoms with E-state index in [0.717, 1.165) is 18.5 Å². The Kier molecular flexibility index (Phi) is 4.73. The van der Waals surface area contributed by atoms with Crippen LogP contribution in [0.25, 0.3) is 0 Å². The Bertz CT molecular complexity index is 507. The van der Waals surface area contributed by atoms with Crippen LogP contribution in [0.1, 0.15) is 18.9 Å². The molecular formula is C17H19NO. The number of nitrogens with one attached hydrogen (secondary N) is 1. The van der Waals surface area contributed by atoms with Gasteiger partial charge in [0.1, 0.15) is 0 Å². The van der Waals surface area contributed by atoms with E-state index in [9.17, 15) is 4.79 Å². The van der Waals surface area contributed by atoms with Crippen molar-refractivity contribution in [3.63, 3.8) is 0 Å². The summed E-state index contributed by atoms with van der Waals surface area (Å²) in [6.07, 6.45) is 1.63. The minimum atomic E-state index is 0.0163. The molecule has 0 bridgehead atoms. The van der Waals surface area contributed by atoms with Crippen LogP contribution >= 0.6 is 0 Å². The molecule has 0 saturated heterocycles. The highest BCUT2D eigenvalue weighted by Gasteiger charge is 2.16. The molecule has 0 heterocycles. The summed E-state index contributed by atoms with van der Waals surface area (Å²) in [6.45, 7) is 2.05. The molecule has 2 rings (SSSR count). The molecule has 0 spiro atoms. The van der Waals surface area contributed by atoms with Crippen molar-refractivity contribution in [3.05, 3.63) is 66.2 Å². The number of hydrogen-bond donors (Lipinski definition) is 1. The van der Waals surface area contributed by atoms with Gasteiger partial charge in [-0.15, -0.1) is 0 Å². The molecule has 19 heavy (non-hydrogen) atoms. The maximum Gasteiger partial charge on any atom is 0.227 e. The highest BCUT2D eigenvalue weighted by molar-refractivity contribution is 5.92. The lowest BCUT2D eigenvalue weighted by molar-refractivity contribution is -0.119.